The number of amides is 1. The Bertz CT molecular complexity index is 1480. The number of carbonyl (C=O) groups is 1. The van der Waals surface area contributed by atoms with E-state index in [2.05, 4.69) is 0 Å². The van der Waals surface area contributed by atoms with E-state index in [1.54, 1.807) is 11.0 Å². The fraction of sp³-hybridized carbons (Fsp3) is 0.0968. The van der Waals surface area contributed by atoms with E-state index < -0.39 is 0 Å². The quantitative estimate of drug-likeness (QED) is 0.212. The van der Waals surface area contributed by atoms with Gasteiger partial charge in [-0.2, -0.15) is 0 Å². The minimum absolute atomic E-state index is 0.158. The number of rotatable bonds is 8. The molecule has 0 spiro atoms. The Labute approximate surface area is 231 Å². The lowest BCUT2D eigenvalue weighted by Gasteiger charge is -2.15. The summed E-state index contributed by atoms with van der Waals surface area (Å²) in [5.41, 5.74) is 3.28. The molecule has 0 aliphatic carbocycles. The Morgan fingerprint density at radius 3 is 2.24 bits per heavy atom. The largest absolute Gasteiger partial charge is 0.490 e. The van der Waals surface area contributed by atoms with Crippen molar-refractivity contribution in [2.24, 2.45) is 4.99 Å². The number of thioether (sulfide) groups is 1. The Balaban J connectivity index is 1.48. The first kappa shape index (κ1) is 25.6. The van der Waals surface area contributed by atoms with Gasteiger partial charge in [0.05, 0.1) is 27.9 Å². The molecule has 7 heteroatoms. The van der Waals surface area contributed by atoms with E-state index >= 15 is 0 Å². The summed E-state index contributed by atoms with van der Waals surface area (Å²) in [6.45, 7) is 2.71. The van der Waals surface area contributed by atoms with Crippen molar-refractivity contribution in [1.29, 1.82) is 0 Å². The number of hydrogen-bond donors (Lipinski definition) is 0. The van der Waals surface area contributed by atoms with Crippen molar-refractivity contribution < 1.29 is 14.3 Å². The van der Waals surface area contributed by atoms with Gasteiger partial charge < -0.3 is 9.47 Å². The van der Waals surface area contributed by atoms with Crippen molar-refractivity contribution in [3.05, 3.63) is 124 Å². The maximum absolute atomic E-state index is 13.6. The molecule has 0 radical (unpaired) electrons. The molecule has 0 saturated carbocycles. The molecule has 1 aliphatic heterocycles. The van der Waals surface area contributed by atoms with Gasteiger partial charge in [-0.15, -0.1) is 0 Å². The third kappa shape index (κ3) is 5.93. The first-order valence-corrected chi connectivity index (χ1v) is 13.4. The topological polar surface area (TPSA) is 51.1 Å². The second kappa shape index (κ2) is 12.0. The van der Waals surface area contributed by atoms with Gasteiger partial charge in [0.2, 0.25) is 0 Å². The van der Waals surface area contributed by atoms with Gasteiger partial charge in [0.15, 0.2) is 16.7 Å². The number of nitrogens with zero attached hydrogens (tertiary/aromatic N) is 2. The maximum atomic E-state index is 13.6. The van der Waals surface area contributed by atoms with Crippen molar-refractivity contribution in [2.75, 3.05) is 11.5 Å². The Morgan fingerprint density at radius 2 is 1.55 bits per heavy atom. The van der Waals surface area contributed by atoms with Crippen LogP contribution < -0.4 is 14.4 Å². The van der Waals surface area contributed by atoms with Gasteiger partial charge in [-0.3, -0.25) is 9.69 Å². The Kier molecular flexibility index (Phi) is 8.12. The highest BCUT2D eigenvalue weighted by Crippen LogP contribution is 2.41. The molecule has 1 fully saturated rings. The summed E-state index contributed by atoms with van der Waals surface area (Å²) in [6, 6.07) is 32.6. The third-order valence-electron chi connectivity index (χ3n) is 5.66. The molecule has 0 N–H and O–H groups in total. The molecule has 0 unspecified atom stereocenters. The Hall–Kier alpha value is -4.00. The van der Waals surface area contributed by atoms with E-state index in [4.69, 9.17) is 26.1 Å². The van der Waals surface area contributed by atoms with Crippen molar-refractivity contribution in [3.63, 3.8) is 0 Å². The standard InChI is InChI=1S/C31H25ClN2O3S/c1-2-36-27-19-23(18-26(32)29(27)37-21-22-12-6-3-7-13-22)20-28-30(35)34(25-16-10-5-11-17-25)31(38-28)33-24-14-8-4-9-15-24/h3-20H,2,21H2,1H3/b28-20+,33-31?. The number of benzene rings is 4. The van der Waals surface area contributed by atoms with Gasteiger partial charge in [0.25, 0.3) is 5.91 Å². The van der Waals surface area contributed by atoms with E-state index in [-0.39, 0.29) is 5.91 Å². The number of anilines is 1. The molecule has 1 amide bonds. The number of aliphatic imine (C=N–C) groups is 1. The van der Waals surface area contributed by atoms with Crippen LogP contribution in [0.1, 0.15) is 18.1 Å². The third-order valence-corrected chi connectivity index (χ3v) is 6.91. The van der Waals surface area contributed by atoms with Gasteiger partial charge in [-0.05, 0) is 72.3 Å². The molecular weight excluding hydrogens is 516 g/mol. The van der Waals surface area contributed by atoms with Crippen LogP contribution in [0.5, 0.6) is 11.5 Å². The van der Waals surface area contributed by atoms with E-state index in [9.17, 15) is 4.79 Å². The molecule has 190 valence electrons. The number of hydrogen-bond acceptors (Lipinski definition) is 5. The molecule has 1 heterocycles. The molecule has 1 aliphatic rings. The Morgan fingerprint density at radius 1 is 0.895 bits per heavy atom. The molecule has 0 bridgehead atoms. The number of para-hydroxylation sites is 2. The molecule has 5 rings (SSSR count). The van der Waals surface area contributed by atoms with Gasteiger partial charge in [0, 0.05) is 0 Å². The summed E-state index contributed by atoms with van der Waals surface area (Å²) in [6.07, 6.45) is 1.81. The lowest BCUT2D eigenvalue weighted by molar-refractivity contribution is -0.113. The van der Waals surface area contributed by atoms with Crippen molar-refractivity contribution in [3.8, 4) is 11.5 Å². The van der Waals surface area contributed by atoms with Gasteiger partial charge in [-0.25, -0.2) is 4.99 Å². The number of carbonyl (C=O) groups excluding carboxylic acids is 1. The highest BCUT2D eigenvalue weighted by Gasteiger charge is 2.34. The molecule has 4 aromatic rings. The smallest absolute Gasteiger partial charge is 0.271 e. The van der Waals surface area contributed by atoms with E-state index in [0.29, 0.717) is 39.8 Å². The zero-order valence-electron chi connectivity index (χ0n) is 20.7. The summed E-state index contributed by atoms with van der Waals surface area (Å²) in [5.74, 6) is 0.841. The number of amidine groups is 1. The molecule has 38 heavy (non-hydrogen) atoms. The average Bonchev–Trinajstić information content (AvgIpc) is 3.24. The van der Waals surface area contributed by atoms with Gasteiger partial charge in [0.1, 0.15) is 6.61 Å². The minimum Gasteiger partial charge on any atom is -0.490 e. The van der Waals surface area contributed by atoms with Crippen LogP contribution in [0.25, 0.3) is 6.08 Å². The van der Waals surface area contributed by atoms with E-state index in [1.165, 1.54) is 11.8 Å². The second-order valence-corrected chi connectivity index (χ2v) is 9.77. The predicted molar refractivity (Wildman–Crippen MR) is 156 cm³/mol. The molecule has 0 aromatic heterocycles. The lowest BCUT2D eigenvalue weighted by Crippen LogP contribution is -2.28. The highest BCUT2D eigenvalue weighted by molar-refractivity contribution is 8.19. The first-order chi connectivity index (χ1) is 18.6. The highest BCUT2D eigenvalue weighted by atomic mass is 35.5. The summed E-state index contributed by atoms with van der Waals surface area (Å²) in [7, 11) is 0. The van der Waals surface area contributed by atoms with Gasteiger partial charge in [-0.1, -0.05) is 78.3 Å². The predicted octanol–water partition coefficient (Wildman–Crippen LogP) is 8.13. The monoisotopic (exact) mass is 540 g/mol. The van der Waals surface area contributed by atoms with Gasteiger partial charge >= 0.3 is 0 Å². The van der Waals surface area contributed by atoms with Crippen LogP contribution in [0.2, 0.25) is 5.02 Å². The SMILES string of the molecule is CCOc1cc(/C=C2/SC(=Nc3ccccc3)N(c3ccccc3)C2=O)cc(Cl)c1OCc1ccccc1. The normalized spacial score (nSPS) is 15.3. The van der Waals surface area contributed by atoms with Crippen molar-refractivity contribution in [1.82, 2.24) is 0 Å². The van der Waals surface area contributed by atoms with E-state index in [1.807, 2.05) is 110 Å². The summed E-state index contributed by atoms with van der Waals surface area (Å²) < 4.78 is 11.9. The lowest BCUT2D eigenvalue weighted by atomic mass is 10.1. The maximum Gasteiger partial charge on any atom is 0.271 e. The van der Waals surface area contributed by atoms with Crippen molar-refractivity contribution >= 4 is 51.9 Å². The summed E-state index contributed by atoms with van der Waals surface area (Å²) in [5, 5.41) is 0.991. The van der Waals surface area contributed by atoms with Crippen LogP contribution in [0, 0.1) is 0 Å². The molecule has 0 atom stereocenters. The van der Waals surface area contributed by atoms with Crippen LogP contribution in [0.15, 0.2) is 113 Å². The zero-order valence-corrected chi connectivity index (χ0v) is 22.3. The zero-order chi connectivity index (χ0) is 26.3. The van der Waals surface area contributed by atoms with Crippen LogP contribution >= 0.6 is 23.4 Å². The van der Waals surface area contributed by atoms with E-state index in [0.717, 1.165) is 22.5 Å². The fourth-order valence-corrected chi connectivity index (χ4v) is 5.20. The van der Waals surface area contributed by atoms with Crippen LogP contribution in [0.3, 0.4) is 0 Å². The van der Waals surface area contributed by atoms with Crippen LogP contribution in [0.4, 0.5) is 11.4 Å². The molecule has 5 nitrogen and oxygen atoms in total. The second-order valence-electron chi connectivity index (χ2n) is 8.35. The summed E-state index contributed by atoms with van der Waals surface area (Å²) >= 11 is 7.98. The fourth-order valence-electron chi connectivity index (χ4n) is 3.92. The number of ether oxygens (including phenoxy) is 2. The molecular formula is C31H25ClN2O3S. The average molecular weight is 541 g/mol. The first-order valence-electron chi connectivity index (χ1n) is 12.2. The minimum atomic E-state index is -0.158. The van der Waals surface area contributed by atoms with Crippen LogP contribution in [-0.4, -0.2) is 17.7 Å². The molecule has 4 aromatic carbocycles. The van der Waals surface area contributed by atoms with Crippen molar-refractivity contribution in [2.45, 2.75) is 13.5 Å². The van der Waals surface area contributed by atoms with Crippen LogP contribution in [-0.2, 0) is 11.4 Å². The molecule has 1 saturated heterocycles. The summed E-state index contributed by atoms with van der Waals surface area (Å²) in [4.78, 5) is 20.5. The number of halogens is 1.